The maximum atomic E-state index is 10.8. The molecular formula is C13H14N2O2. The van der Waals surface area contributed by atoms with Crippen molar-refractivity contribution in [1.29, 1.82) is 5.26 Å². The van der Waals surface area contributed by atoms with Gasteiger partial charge in [-0.15, -0.1) is 0 Å². The molecule has 1 aromatic carbocycles. The molecule has 2 rings (SSSR count). The third kappa shape index (κ3) is 2.83. The van der Waals surface area contributed by atoms with Gasteiger partial charge in [-0.25, -0.2) is 0 Å². The summed E-state index contributed by atoms with van der Waals surface area (Å²) in [6.45, 7) is 2.21. The molecule has 1 aliphatic rings. The Morgan fingerprint density at radius 2 is 2.18 bits per heavy atom. The van der Waals surface area contributed by atoms with E-state index >= 15 is 0 Å². The Bertz CT molecular complexity index is 447. The minimum atomic E-state index is -0.702. The Morgan fingerprint density at radius 1 is 1.47 bits per heavy atom. The van der Waals surface area contributed by atoms with Crippen molar-refractivity contribution >= 4 is 5.97 Å². The summed E-state index contributed by atoms with van der Waals surface area (Å²) in [5, 5.41) is 17.6. The van der Waals surface area contributed by atoms with Crippen LogP contribution in [0, 0.1) is 17.2 Å². The van der Waals surface area contributed by atoms with Crippen molar-refractivity contribution in [3.05, 3.63) is 35.4 Å². The Hall–Kier alpha value is -1.86. The molecule has 1 aliphatic heterocycles. The van der Waals surface area contributed by atoms with Gasteiger partial charge in [-0.1, -0.05) is 12.1 Å². The molecule has 4 heteroatoms. The number of hydrogen-bond acceptors (Lipinski definition) is 3. The number of aliphatic carboxylic acids is 1. The van der Waals surface area contributed by atoms with Gasteiger partial charge in [0.1, 0.15) is 0 Å². The van der Waals surface area contributed by atoms with Gasteiger partial charge in [0.05, 0.1) is 17.6 Å². The van der Waals surface area contributed by atoms with Gasteiger partial charge in [-0.05, 0) is 30.7 Å². The van der Waals surface area contributed by atoms with E-state index in [0.717, 1.165) is 25.1 Å². The molecular weight excluding hydrogens is 216 g/mol. The summed E-state index contributed by atoms with van der Waals surface area (Å²) in [5.74, 6) is -0.930. The monoisotopic (exact) mass is 230 g/mol. The summed E-state index contributed by atoms with van der Waals surface area (Å²) >= 11 is 0. The molecule has 1 N–H and O–H groups in total. The predicted molar refractivity (Wildman–Crippen MR) is 62.2 cm³/mol. The van der Waals surface area contributed by atoms with Gasteiger partial charge in [-0.3, -0.25) is 9.69 Å². The Morgan fingerprint density at radius 3 is 2.71 bits per heavy atom. The molecule has 0 radical (unpaired) electrons. The van der Waals surface area contributed by atoms with E-state index in [9.17, 15) is 4.79 Å². The second-order valence-corrected chi connectivity index (χ2v) is 4.37. The Balaban J connectivity index is 1.94. The number of benzene rings is 1. The van der Waals surface area contributed by atoms with Crippen LogP contribution in [0.5, 0.6) is 0 Å². The summed E-state index contributed by atoms with van der Waals surface area (Å²) < 4.78 is 0. The third-order valence-electron chi connectivity index (χ3n) is 3.11. The van der Waals surface area contributed by atoms with Crippen molar-refractivity contribution < 1.29 is 9.90 Å². The van der Waals surface area contributed by atoms with E-state index in [1.165, 1.54) is 0 Å². The van der Waals surface area contributed by atoms with Crippen LogP contribution in [-0.4, -0.2) is 29.1 Å². The van der Waals surface area contributed by atoms with Crippen molar-refractivity contribution in [3.63, 3.8) is 0 Å². The van der Waals surface area contributed by atoms with Crippen molar-refractivity contribution in [3.8, 4) is 6.07 Å². The van der Waals surface area contributed by atoms with Crippen LogP contribution in [0.4, 0.5) is 0 Å². The van der Waals surface area contributed by atoms with Crippen LogP contribution in [0.3, 0.4) is 0 Å². The van der Waals surface area contributed by atoms with Crippen molar-refractivity contribution in [1.82, 2.24) is 4.90 Å². The predicted octanol–water partition coefficient (Wildman–Crippen LogP) is 1.46. The largest absolute Gasteiger partial charge is 0.481 e. The van der Waals surface area contributed by atoms with Gasteiger partial charge in [0.25, 0.3) is 0 Å². The van der Waals surface area contributed by atoms with Crippen LogP contribution in [0.2, 0.25) is 0 Å². The lowest BCUT2D eigenvalue weighted by molar-refractivity contribution is -0.141. The summed E-state index contributed by atoms with van der Waals surface area (Å²) in [4.78, 5) is 13.0. The molecule has 1 heterocycles. The smallest absolute Gasteiger partial charge is 0.307 e. The van der Waals surface area contributed by atoms with E-state index in [1.54, 1.807) is 12.1 Å². The summed E-state index contributed by atoms with van der Waals surface area (Å²) in [6.07, 6.45) is 0.728. The highest BCUT2D eigenvalue weighted by atomic mass is 16.4. The summed E-state index contributed by atoms with van der Waals surface area (Å²) in [6, 6.07) is 9.51. The van der Waals surface area contributed by atoms with Crippen LogP contribution >= 0.6 is 0 Å². The van der Waals surface area contributed by atoms with Crippen LogP contribution in [0.25, 0.3) is 0 Å². The fraction of sp³-hybridized carbons (Fsp3) is 0.385. The van der Waals surface area contributed by atoms with Gasteiger partial charge in [0.2, 0.25) is 0 Å². The molecule has 0 saturated carbocycles. The molecule has 0 aliphatic carbocycles. The topological polar surface area (TPSA) is 64.3 Å². The van der Waals surface area contributed by atoms with E-state index in [0.29, 0.717) is 12.1 Å². The average Bonchev–Trinajstić information content (AvgIpc) is 2.79. The molecule has 1 fully saturated rings. The van der Waals surface area contributed by atoms with Crippen LogP contribution in [0.15, 0.2) is 24.3 Å². The fourth-order valence-corrected chi connectivity index (χ4v) is 2.12. The van der Waals surface area contributed by atoms with Crippen molar-refractivity contribution in [2.24, 2.45) is 5.92 Å². The Kier molecular flexibility index (Phi) is 3.40. The lowest BCUT2D eigenvalue weighted by Crippen LogP contribution is -2.22. The quantitative estimate of drug-likeness (QED) is 0.853. The minimum Gasteiger partial charge on any atom is -0.481 e. The lowest BCUT2D eigenvalue weighted by atomic mass is 10.1. The van der Waals surface area contributed by atoms with Gasteiger partial charge in [0.15, 0.2) is 0 Å². The molecule has 1 atom stereocenters. The first kappa shape index (κ1) is 11.6. The SMILES string of the molecule is N#Cc1ccc(CN2CC[C@H](C(=O)O)C2)cc1. The third-order valence-corrected chi connectivity index (χ3v) is 3.11. The molecule has 4 nitrogen and oxygen atoms in total. The lowest BCUT2D eigenvalue weighted by Gasteiger charge is -2.14. The number of carbonyl (C=O) groups is 1. The van der Waals surface area contributed by atoms with Crippen LogP contribution in [-0.2, 0) is 11.3 Å². The Labute approximate surface area is 100 Å². The molecule has 0 bridgehead atoms. The molecule has 88 valence electrons. The number of nitriles is 1. The van der Waals surface area contributed by atoms with Crippen LogP contribution in [0.1, 0.15) is 17.5 Å². The number of rotatable bonds is 3. The van der Waals surface area contributed by atoms with Gasteiger partial charge < -0.3 is 5.11 Å². The minimum absolute atomic E-state index is 0.228. The normalized spacial score (nSPS) is 20.1. The zero-order valence-electron chi connectivity index (χ0n) is 9.47. The first-order valence-corrected chi connectivity index (χ1v) is 5.63. The number of hydrogen-bond donors (Lipinski definition) is 1. The number of nitrogens with zero attached hydrogens (tertiary/aromatic N) is 2. The highest BCUT2D eigenvalue weighted by Crippen LogP contribution is 2.18. The van der Waals surface area contributed by atoms with Gasteiger partial charge >= 0.3 is 5.97 Å². The van der Waals surface area contributed by atoms with E-state index in [4.69, 9.17) is 10.4 Å². The number of carboxylic acid groups (broad SMARTS) is 1. The molecule has 0 spiro atoms. The first-order chi connectivity index (χ1) is 8.19. The fourth-order valence-electron chi connectivity index (χ4n) is 2.12. The zero-order chi connectivity index (χ0) is 12.3. The molecule has 0 amide bonds. The maximum Gasteiger partial charge on any atom is 0.307 e. The summed E-state index contributed by atoms with van der Waals surface area (Å²) in [7, 11) is 0. The second-order valence-electron chi connectivity index (χ2n) is 4.37. The van der Waals surface area contributed by atoms with Gasteiger partial charge in [0, 0.05) is 13.1 Å². The van der Waals surface area contributed by atoms with E-state index in [2.05, 4.69) is 11.0 Å². The average molecular weight is 230 g/mol. The van der Waals surface area contributed by atoms with Crippen LogP contribution < -0.4 is 0 Å². The molecule has 17 heavy (non-hydrogen) atoms. The highest BCUT2D eigenvalue weighted by Gasteiger charge is 2.27. The van der Waals surface area contributed by atoms with E-state index < -0.39 is 5.97 Å². The van der Waals surface area contributed by atoms with E-state index in [1.807, 2.05) is 12.1 Å². The zero-order valence-corrected chi connectivity index (χ0v) is 9.47. The molecule has 0 unspecified atom stereocenters. The first-order valence-electron chi connectivity index (χ1n) is 5.63. The standard InChI is InChI=1S/C13H14N2O2/c14-7-10-1-3-11(4-2-10)8-15-6-5-12(9-15)13(16)17/h1-4,12H,5-6,8-9H2,(H,16,17)/t12-/m0/s1. The van der Waals surface area contributed by atoms with Crippen molar-refractivity contribution in [2.75, 3.05) is 13.1 Å². The maximum absolute atomic E-state index is 10.8. The molecule has 1 aromatic rings. The molecule has 1 saturated heterocycles. The van der Waals surface area contributed by atoms with Crippen molar-refractivity contribution in [2.45, 2.75) is 13.0 Å². The molecule has 0 aromatic heterocycles. The second kappa shape index (κ2) is 4.98. The highest BCUT2D eigenvalue weighted by molar-refractivity contribution is 5.70. The van der Waals surface area contributed by atoms with Gasteiger partial charge in [-0.2, -0.15) is 5.26 Å². The number of likely N-dealkylation sites (tertiary alicyclic amines) is 1. The summed E-state index contributed by atoms with van der Waals surface area (Å²) in [5.41, 5.74) is 1.77. The van der Waals surface area contributed by atoms with E-state index in [-0.39, 0.29) is 5.92 Å². The number of carboxylic acids is 1.